The second-order valence-electron chi connectivity index (χ2n) is 5.54. The van der Waals surface area contributed by atoms with Crippen LogP contribution in [0.15, 0.2) is 36.4 Å². The third kappa shape index (κ3) is 4.00. The normalized spacial score (nSPS) is 10.7. The predicted molar refractivity (Wildman–Crippen MR) is 99.0 cm³/mol. The lowest BCUT2D eigenvalue weighted by Gasteiger charge is -2.13. The van der Waals surface area contributed by atoms with E-state index in [0.29, 0.717) is 37.5 Å². The van der Waals surface area contributed by atoms with E-state index in [1.807, 2.05) is 0 Å². The van der Waals surface area contributed by atoms with E-state index in [9.17, 15) is 4.79 Å². The van der Waals surface area contributed by atoms with Crippen LogP contribution >= 0.6 is 22.9 Å². The number of nitrogens with two attached hydrogens (primary N) is 1. The number of amides is 1. The predicted octanol–water partition coefficient (Wildman–Crippen LogP) is 3.62. The number of ether oxygens (including phenoxy) is 1. The number of nitrogens with zero attached hydrogens (tertiary/aromatic N) is 2. The standard InChI is InChI=1S/C18H15ClFN3O2S/c1-25-13-6-5-11(8-15-22-23-16(26-15)9-14(21)24)18(20)17(13)10-3-2-4-12(19)7-10/h2-7H,8-9H2,1H3,(H2,21,24). The van der Waals surface area contributed by atoms with Gasteiger partial charge >= 0.3 is 0 Å². The fraction of sp³-hybridized carbons (Fsp3) is 0.167. The highest BCUT2D eigenvalue weighted by Gasteiger charge is 2.18. The molecule has 0 bridgehead atoms. The fourth-order valence-corrected chi connectivity index (χ4v) is 3.63. The van der Waals surface area contributed by atoms with Gasteiger partial charge in [-0.05, 0) is 29.3 Å². The molecule has 134 valence electrons. The van der Waals surface area contributed by atoms with Gasteiger partial charge in [0.15, 0.2) is 0 Å². The number of hydrogen-bond acceptors (Lipinski definition) is 5. The summed E-state index contributed by atoms with van der Waals surface area (Å²) in [4.78, 5) is 11.0. The fourth-order valence-electron chi connectivity index (χ4n) is 2.56. The minimum atomic E-state index is -0.480. The summed E-state index contributed by atoms with van der Waals surface area (Å²) in [5.74, 6) is -0.468. The van der Waals surface area contributed by atoms with Crippen LogP contribution in [-0.2, 0) is 17.6 Å². The van der Waals surface area contributed by atoms with Crippen LogP contribution in [0.25, 0.3) is 11.1 Å². The molecule has 0 atom stereocenters. The maximum absolute atomic E-state index is 15.2. The van der Waals surface area contributed by atoms with E-state index in [0.717, 1.165) is 0 Å². The number of aromatic nitrogens is 2. The van der Waals surface area contributed by atoms with Crippen LogP contribution in [0, 0.1) is 5.82 Å². The van der Waals surface area contributed by atoms with E-state index in [1.54, 1.807) is 36.4 Å². The second kappa shape index (κ2) is 7.80. The molecule has 0 saturated carbocycles. The van der Waals surface area contributed by atoms with Crippen molar-refractivity contribution in [2.24, 2.45) is 5.73 Å². The Morgan fingerprint density at radius 2 is 2.04 bits per heavy atom. The molecule has 0 aliphatic carbocycles. The molecule has 3 rings (SSSR count). The van der Waals surface area contributed by atoms with Crippen LogP contribution in [0.5, 0.6) is 5.75 Å². The third-order valence-electron chi connectivity index (χ3n) is 3.69. The molecule has 0 fully saturated rings. The highest BCUT2D eigenvalue weighted by molar-refractivity contribution is 7.11. The average molecular weight is 392 g/mol. The molecule has 2 aromatic carbocycles. The number of benzene rings is 2. The first-order valence-electron chi connectivity index (χ1n) is 7.68. The lowest BCUT2D eigenvalue weighted by molar-refractivity contribution is -0.117. The van der Waals surface area contributed by atoms with E-state index >= 15 is 4.39 Å². The third-order valence-corrected chi connectivity index (χ3v) is 4.85. The second-order valence-corrected chi connectivity index (χ2v) is 7.12. The summed E-state index contributed by atoms with van der Waals surface area (Å²) < 4.78 is 20.5. The summed E-state index contributed by atoms with van der Waals surface area (Å²) in [5.41, 5.74) is 6.57. The van der Waals surface area contributed by atoms with Gasteiger partial charge in [-0.2, -0.15) is 0 Å². The monoisotopic (exact) mass is 391 g/mol. The van der Waals surface area contributed by atoms with Crippen molar-refractivity contribution in [1.29, 1.82) is 0 Å². The first-order chi connectivity index (χ1) is 12.5. The molecule has 8 heteroatoms. The summed E-state index contributed by atoms with van der Waals surface area (Å²) in [5, 5.41) is 9.54. The molecule has 1 amide bonds. The number of carbonyl (C=O) groups is 1. The Morgan fingerprint density at radius 3 is 2.73 bits per heavy atom. The highest BCUT2D eigenvalue weighted by Crippen LogP contribution is 2.36. The zero-order valence-electron chi connectivity index (χ0n) is 13.8. The summed E-state index contributed by atoms with van der Waals surface area (Å²) in [6.07, 6.45) is 0.274. The van der Waals surface area contributed by atoms with Crippen LogP contribution in [-0.4, -0.2) is 23.2 Å². The first-order valence-corrected chi connectivity index (χ1v) is 8.88. The molecule has 2 N–H and O–H groups in total. The van der Waals surface area contributed by atoms with Crippen LogP contribution in [0.2, 0.25) is 5.02 Å². The zero-order chi connectivity index (χ0) is 18.7. The SMILES string of the molecule is COc1ccc(Cc2nnc(CC(N)=O)s2)c(F)c1-c1cccc(Cl)c1. The Labute approximate surface area is 158 Å². The van der Waals surface area contributed by atoms with Crippen LogP contribution < -0.4 is 10.5 Å². The summed E-state index contributed by atoms with van der Waals surface area (Å²) in [6.45, 7) is 0. The Hall–Kier alpha value is -2.51. The van der Waals surface area contributed by atoms with Gasteiger partial charge in [-0.1, -0.05) is 29.8 Å². The van der Waals surface area contributed by atoms with E-state index in [4.69, 9.17) is 22.1 Å². The molecule has 3 aromatic rings. The largest absolute Gasteiger partial charge is 0.496 e. The summed E-state index contributed by atoms with van der Waals surface area (Å²) in [6, 6.07) is 10.3. The van der Waals surface area contributed by atoms with E-state index in [1.165, 1.54) is 18.4 Å². The van der Waals surface area contributed by atoms with Crippen molar-refractivity contribution in [1.82, 2.24) is 10.2 Å². The molecule has 0 aliphatic heterocycles. The Balaban J connectivity index is 1.97. The zero-order valence-corrected chi connectivity index (χ0v) is 15.4. The van der Waals surface area contributed by atoms with Crippen molar-refractivity contribution < 1.29 is 13.9 Å². The Bertz CT molecular complexity index is 961. The summed E-state index contributed by atoms with van der Waals surface area (Å²) >= 11 is 7.28. The Kier molecular flexibility index (Phi) is 5.49. The number of carbonyl (C=O) groups excluding carboxylic acids is 1. The maximum atomic E-state index is 15.2. The molecular formula is C18H15ClFN3O2S. The van der Waals surface area contributed by atoms with Gasteiger partial charge in [0.25, 0.3) is 0 Å². The van der Waals surface area contributed by atoms with Gasteiger partial charge in [0.1, 0.15) is 21.6 Å². The number of hydrogen-bond donors (Lipinski definition) is 1. The highest BCUT2D eigenvalue weighted by atomic mass is 35.5. The van der Waals surface area contributed by atoms with Crippen molar-refractivity contribution in [3.05, 3.63) is 62.8 Å². The van der Waals surface area contributed by atoms with Crippen molar-refractivity contribution in [3.8, 4) is 16.9 Å². The van der Waals surface area contributed by atoms with Crippen molar-refractivity contribution >= 4 is 28.8 Å². The lowest BCUT2D eigenvalue weighted by atomic mass is 9.99. The minimum absolute atomic E-state index is 0.0243. The summed E-state index contributed by atoms with van der Waals surface area (Å²) in [7, 11) is 1.49. The van der Waals surface area contributed by atoms with Gasteiger partial charge in [-0.3, -0.25) is 4.79 Å². The van der Waals surface area contributed by atoms with Crippen LogP contribution in [0.4, 0.5) is 4.39 Å². The van der Waals surface area contributed by atoms with E-state index in [2.05, 4.69) is 10.2 Å². The molecule has 0 unspecified atom stereocenters. The van der Waals surface area contributed by atoms with Crippen molar-refractivity contribution in [2.75, 3.05) is 7.11 Å². The maximum Gasteiger partial charge on any atom is 0.224 e. The first kappa shape index (κ1) is 18.3. The minimum Gasteiger partial charge on any atom is -0.496 e. The molecule has 5 nitrogen and oxygen atoms in total. The molecular weight excluding hydrogens is 377 g/mol. The molecule has 1 aromatic heterocycles. The topological polar surface area (TPSA) is 78.1 Å². The average Bonchev–Trinajstić information content (AvgIpc) is 3.02. The van der Waals surface area contributed by atoms with Crippen molar-refractivity contribution in [3.63, 3.8) is 0 Å². The number of rotatable bonds is 6. The molecule has 26 heavy (non-hydrogen) atoms. The molecule has 0 saturated heterocycles. The molecule has 0 spiro atoms. The van der Waals surface area contributed by atoms with E-state index in [-0.39, 0.29) is 12.8 Å². The van der Waals surface area contributed by atoms with Crippen LogP contribution in [0.1, 0.15) is 15.6 Å². The van der Waals surface area contributed by atoms with Gasteiger partial charge in [0.05, 0.1) is 19.1 Å². The Morgan fingerprint density at radius 1 is 1.27 bits per heavy atom. The lowest BCUT2D eigenvalue weighted by Crippen LogP contribution is -2.13. The van der Waals surface area contributed by atoms with E-state index < -0.39 is 11.7 Å². The van der Waals surface area contributed by atoms with Gasteiger partial charge in [-0.25, -0.2) is 4.39 Å². The smallest absolute Gasteiger partial charge is 0.224 e. The van der Waals surface area contributed by atoms with Crippen LogP contribution in [0.3, 0.4) is 0 Å². The number of primary amides is 1. The van der Waals surface area contributed by atoms with Gasteiger partial charge < -0.3 is 10.5 Å². The number of halogens is 2. The van der Waals surface area contributed by atoms with Gasteiger partial charge in [-0.15, -0.1) is 21.5 Å². The number of methoxy groups -OCH3 is 1. The molecule has 0 aliphatic rings. The van der Waals surface area contributed by atoms with Gasteiger partial charge in [0, 0.05) is 11.4 Å². The molecule has 1 heterocycles. The molecule has 0 radical (unpaired) electrons. The van der Waals surface area contributed by atoms with Gasteiger partial charge in [0.2, 0.25) is 5.91 Å². The van der Waals surface area contributed by atoms with Crippen molar-refractivity contribution in [2.45, 2.75) is 12.8 Å². The quantitative estimate of drug-likeness (QED) is 0.696.